The van der Waals surface area contributed by atoms with E-state index in [0.29, 0.717) is 0 Å². The molecular weight excluding hydrogens is 284 g/mol. The molecule has 0 aliphatic rings. The van der Waals surface area contributed by atoms with Crippen LogP contribution in [-0.4, -0.2) is 9.97 Å². The van der Waals surface area contributed by atoms with Crippen LogP contribution in [0.4, 0.5) is 17.3 Å². The third kappa shape index (κ3) is 4.30. The molecule has 0 fully saturated rings. The molecule has 0 bridgehead atoms. The van der Waals surface area contributed by atoms with Crippen LogP contribution >= 0.6 is 0 Å². The molecule has 3 aromatic rings. The van der Waals surface area contributed by atoms with E-state index in [1.54, 1.807) is 0 Å². The van der Waals surface area contributed by atoms with Gasteiger partial charge >= 0.3 is 0 Å². The standard InChI is InChI=1S/C19H20N4/c1-14-7-6-10-17(11-14)23-19-12-18(21-15(2)22-19)20-13-16-8-4-3-5-9-16/h3-12H,13H2,1-2H3,(H2,20,21,22,23). The molecule has 1 heterocycles. The highest BCUT2D eigenvalue weighted by molar-refractivity contribution is 5.59. The normalized spacial score (nSPS) is 10.3. The van der Waals surface area contributed by atoms with Crippen LogP contribution in [0.1, 0.15) is 17.0 Å². The molecule has 0 saturated carbocycles. The van der Waals surface area contributed by atoms with Crippen molar-refractivity contribution in [3.8, 4) is 0 Å². The minimum absolute atomic E-state index is 0.734. The second-order valence-corrected chi connectivity index (χ2v) is 5.52. The Morgan fingerprint density at radius 3 is 2.39 bits per heavy atom. The summed E-state index contributed by atoms with van der Waals surface area (Å²) >= 11 is 0. The van der Waals surface area contributed by atoms with Gasteiger partial charge in [-0.1, -0.05) is 42.5 Å². The molecule has 3 rings (SSSR count). The summed E-state index contributed by atoms with van der Waals surface area (Å²) in [5.74, 6) is 2.34. The van der Waals surface area contributed by atoms with E-state index in [9.17, 15) is 0 Å². The molecule has 0 atom stereocenters. The molecular formula is C19H20N4. The van der Waals surface area contributed by atoms with Crippen LogP contribution in [-0.2, 0) is 6.54 Å². The number of aromatic nitrogens is 2. The van der Waals surface area contributed by atoms with E-state index in [1.165, 1.54) is 11.1 Å². The van der Waals surface area contributed by atoms with Gasteiger partial charge in [-0.25, -0.2) is 9.97 Å². The molecule has 0 amide bonds. The highest BCUT2D eigenvalue weighted by Gasteiger charge is 2.03. The molecule has 4 nitrogen and oxygen atoms in total. The van der Waals surface area contributed by atoms with E-state index >= 15 is 0 Å². The van der Waals surface area contributed by atoms with Crippen LogP contribution in [0, 0.1) is 13.8 Å². The van der Waals surface area contributed by atoms with Crippen LogP contribution in [0.25, 0.3) is 0 Å². The summed E-state index contributed by atoms with van der Waals surface area (Å²) < 4.78 is 0. The molecule has 0 aliphatic carbocycles. The van der Waals surface area contributed by atoms with Crippen LogP contribution in [0.3, 0.4) is 0 Å². The first-order valence-electron chi connectivity index (χ1n) is 7.66. The Morgan fingerprint density at radius 2 is 1.61 bits per heavy atom. The predicted octanol–water partition coefficient (Wildman–Crippen LogP) is 4.45. The summed E-state index contributed by atoms with van der Waals surface area (Å²) in [6.45, 7) is 4.71. The maximum absolute atomic E-state index is 4.45. The predicted molar refractivity (Wildman–Crippen MR) is 95.0 cm³/mol. The Kier molecular flexibility index (Phi) is 4.52. The summed E-state index contributed by atoms with van der Waals surface area (Å²) in [4.78, 5) is 8.90. The first kappa shape index (κ1) is 15.0. The average molecular weight is 304 g/mol. The lowest BCUT2D eigenvalue weighted by molar-refractivity contribution is 1.03. The van der Waals surface area contributed by atoms with Crippen molar-refractivity contribution in [3.63, 3.8) is 0 Å². The van der Waals surface area contributed by atoms with Gasteiger partial charge in [0.1, 0.15) is 17.5 Å². The fraction of sp³-hybridized carbons (Fsp3) is 0.158. The van der Waals surface area contributed by atoms with Gasteiger partial charge in [0.15, 0.2) is 0 Å². The first-order chi connectivity index (χ1) is 11.2. The van der Waals surface area contributed by atoms with Crippen molar-refractivity contribution in [2.24, 2.45) is 0 Å². The Morgan fingerprint density at radius 1 is 0.826 bits per heavy atom. The quantitative estimate of drug-likeness (QED) is 0.731. The maximum atomic E-state index is 4.45. The molecule has 0 aliphatic heterocycles. The van der Waals surface area contributed by atoms with Gasteiger partial charge in [0, 0.05) is 18.3 Å². The van der Waals surface area contributed by atoms with Gasteiger partial charge in [-0.05, 0) is 37.1 Å². The van der Waals surface area contributed by atoms with Crippen molar-refractivity contribution in [1.29, 1.82) is 0 Å². The lowest BCUT2D eigenvalue weighted by Crippen LogP contribution is -2.05. The first-order valence-corrected chi connectivity index (χ1v) is 7.66. The number of benzene rings is 2. The molecule has 2 N–H and O–H groups in total. The van der Waals surface area contributed by atoms with E-state index in [2.05, 4.69) is 51.8 Å². The van der Waals surface area contributed by atoms with E-state index in [4.69, 9.17) is 0 Å². The lowest BCUT2D eigenvalue weighted by Gasteiger charge is -2.10. The third-order valence-electron chi connectivity index (χ3n) is 3.44. The maximum Gasteiger partial charge on any atom is 0.136 e. The molecule has 0 spiro atoms. The van der Waals surface area contributed by atoms with Crippen molar-refractivity contribution in [2.45, 2.75) is 20.4 Å². The van der Waals surface area contributed by atoms with E-state index < -0.39 is 0 Å². The second kappa shape index (κ2) is 6.92. The lowest BCUT2D eigenvalue weighted by atomic mass is 10.2. The average Bonchev–Trinajstić information content (AvgIpc) is 2.53. The number of hydrogen-bond donors (Lipinski definition) is 2. The van der Waals surface area contributed by atoms with E-state index in [0.717, 1.165) is 29.7 Å². The molecule has 116 valence electrons. The zero-order chi connectivity index (χ0) is 16.1. The minimum atomic E-state index is 0.734. The number of nitrogens with zero attached hydrogens (tertiary/aromatic N) is 2. The SMILES string of the molecule is Cc1cccc(Nc2cc(NCc3ccccc3)nc(C)n2)c1. The van der Waals surface area contributed by atoms with Crippen molar-refractivity contribution < 1.29 is 0 Å². The molecule has 0 radical (unpaired) electrons. The number of hydrogen-bond acceptors (Lipinski definition) is 4. The highest BCUT2D eigenvalue weighted by atomic mass is 15.1. The largest absolute Gasteiger partial charge is 0.366 e. The Hall–Kier alpha value is -2.88. The molecule has 0 unspecified atom stereocenters. The van der Waals surface area contributed by atoms with Crippen molar-refractivity contribution >= 4 is 17.3 Å². The number of aryl methyl sites for hydroxylation is 2. The monoisotopic (exact) mass is 304 g/mol. The van der Waals surface area contributed by atoms with Gasteiger partial charge in [0.2, 0.25) is 0 Å². The fourth-order valence-electron chi connectivity index (χ4n) is 2.38. The second-order valence-electron chi connectivity index (χ2n) is 5.52. The van der Waals surface area contributed by atoms with Crippen molar-refractivity contribution in [2.75, 3.05) is 10.6 Å². The van der Waals surface area contributed by atoms with Gasteiger partial charge < -0.3 is 10.6 Å². The van der Waals surface area contributed by atoms with Gasteiger partial charge in [-0.15, -0.1) is 0 Å². The molecule has 0 saturated heterocycles. The number of nitrogens with one attached hydrogen (secondary N) is 2. The highest BCUT2D eigenvalue weighted by Crippen LogP contribution is 2.18. The third-order valence-corrected chi connectivity index (χ3v) is 3.44. The molecule has 2 aromatic carbocycles. The van der Waals surface area contributed by atoms with E-state index in [1.807, 2.05) is 43.3 Å². The summed E-state index contributed by atoms with van der Waals surface area (Å²) in [7, 11) is 0. The van der Waals surface area contributed by atoms with Gasteiger partial charge in [0.25, 0.3) is 0 Å². The minimum Gasteiger partial charge on any atom is -0.366 e. The van der Waals surface area contributed by atoms with Crippen LogP contribution in [0.2, 0.25) is 0 Å². The number of rotatable bonds is 5. The summed E-state index contributed by atoms with van der Waals surface area (Å²) in [5, 5.41) is 6.68. The molecule has 4 heteroatoms. The summed E-state index contributed by atoms with van der Waals surface area (Å²) in [6.07, 6.45) is 0. The van der Waals surface area contributed by atoms with Crippen LogP contribution in [0.15, 0.2) is 60.7 Å². The summed E-state index contributed by atoms with van der Waals surface area (Å²) in [5.41, 5.74) is 3.46. The number of anilines is 3. The van der Waals surface area contributed by atoms with Crippen LogP contribution in [0.5, 0.6) is 0 Å². The van der Waals surface area contributed by atoms with Crippen LogP contribution < -0.4 is 10.6 Å². The molecule has 23 heavy (non-hydrogen) atoms. The smallest absolute Gasteiger partial charge is 0.136 e. The fourth-order valence-corrected chi connectivity index (χ4v) is 2.38. The van der Waals surface area contributed by atoms with Gasteiger partial charge in [0.05, 0.1) is 0 Å². The van der Waals surface area contributed by atoms with Crippen molar-refractivity contribution in [3.05, 3.63) is 77.6 Å². The van der Waals surface area contributed by atoms with Gasteiger partial charge in [-0.3, -0.25) is 0 Å². The molecule has 1 aromatic heterocycles. The zero-order valence-corrected chi connectivity index (χ0v) is 13.4. The topological polar surface area (TPSA) is 49.8 Å². The Balaban J connectivity index is 1.73. The summed E-state index contributed by atoms with van der Waals surface area (Å²) in [6, 6.07) is 20.4. The Bertz CT molecular complexity index is 784. The van der Waals surface area contributed by atoms with Crippen molar-refractivity contribution in [1.82, 2.24) is 9.97 Å². The van der Waals surface area contributed by atoms with Gasteiger partial charge in [-0.2, -0.15) is 0 Å². The van der Waals surface area contributed by atoms with E-state index in [-0.39, 0.29) is 0 Å². The Labute approximate surface area is 136 Å². The zero-order valence-electron chi connectivity index (χ0n) is 13.4.